The van der Waals surface area contributed by atoms with Gasteiger partial charge in [-0.05, 0) is 62.2 Å². The number of ether oxygens (including phenoxy) is 2. The number of hydrogen-bond acceptors (Lipinski definition) is 7. The summed E-state index contributed by atoms with van der Waals surface area (Å²) in [5.41, 5.74) is 0.301. The lowest BCUT2D eigenvalue weighted by molar-refractivity contribution is -0.444. The number of benzene rings is 2. The van der Waals surface area contributed by atoms with Crippen LogP contribution in [0.25, 0.3) is 32.9 Å². The third-order valence-corrected chi connectivity index (χ3v) is 9.75. The van der Waals surface area contributed by atoms with Crippen LogP contribution < -0.4 is 9.47 Å². The number of rotatable bonds is 4. The van der Waals surface area contributed by atoms with Gasteiger partial charge in [0.05, 0.1) is 17.6 Å². The van der Waals surface area contributed by atoms with Crippen molar-refractivity contribution in [2.75, 3.05) is 32.8 Å². The van der Waals surface area contributed by atoms with Crippen LogP contribution in [0.15, 0.2) is 24.3 Å². The summed E-state index contributed by atoms with van der Waals surface area (Å²) in [6, 6.07) is 5.40. The number of alkyl halides is 1. The SMILES string of the molecule is C#Cc1c(F)ccc2cc(O)cc(-c3nc4c5c(nc(OC[C@@]67CCCN6CC(F)C7)nc5c3F)[N+]3=C(CCCCC3)CO4)c12. The van der Waals surface area contributed by atoms with Crippen molar-refractivity contribution in [3.63, 3.8) is 0 Å². The van der Waals surface area contributed by atoms with Crippen LogP contribution in [0.2, 0.25) is 0 Å². The molecular formula is C34H31F3N5O3+. The van der Waals surface area contributed by atoms with Gasteiger partial charge in [-0.3, -0.25) is 4.90 Å². The van der Waals surface area contributed by atoms with E-state index in [1.54, 1.807) is 0 Å². The monoisotopic (exact) mass is 614 g/mol. The van der Waals surface area contributed by atoms with Gasteiger partial charge in [0.25, 0.3) is 0 Å². The van der Waals surface area contributed by atoms with Crippen LogP contribution in [0, 0.1) is 24.0 Å². The average molecular weight is 615 g/mol. The number of fused-ring (bicyclic) bond motifs is 3. The molecule has 0 spiro atoms. The second-order valence-corrected chi connectivity index (χ2v) is 12.5. The third-order valence-electron chi connectivity index (χ3n) is 9.75. The Labute approximate surface area is 257 Å². The third kappa shape index (κ3) is 4.49. The highest BCUT2D eigenvalue weighted by Crippen LogP contribution is 2.44. The predicted molar refractivity (Wildman–Crippen MR) is 162 cm³/mol. The second kappa shape index (κ2) is 10.6. The van der Waals surface area contributed by atoms with Crippen molar-refractivity contribution in [2.24, 2.45) is 0 Å². The molecule has 0 amide bonds. The number of aromatic hydroxyl groups is 1. The zero-order chi connectivity index (χ0) is 30.9. The van der Waals surface area contributed by atoms with E-state index in [-0.39, 0.29) is 58.6 Å². The maximum absolute atomic E-state index is 16.9. The van der Waals surface area contributed by atoms with Gasteiger partial charge >= 0.3 is 11.8 Å². The summed E-state index contributed by atoms with van der Waals surface area (Å²) in [5, 5.41) is 11.6. The number of phenolic OH excluding ortho intramolecular Hbond substituents is 1. The Balaban J connectivity index is 1.35. The van der Waals surface area contributed by atoms with E-state index in [1.165, 1.54) is 24.3 Å². The van der Waals surface area contributed by atoms with Gasteiger partial charge < -0.3 is 14.6 Å². The Hall–Kier alpha value is -4.43. The van der Waals surface area contributed by atoms with Crippen molar-refractivity contribution >= 4 is 33.2 Å². The fourth-order valence-corrected chi connectivity index (χ4v) is 7.67. The first kappa shape index (κ1) is 28.1. The van der Waals surface area contributed by atoms with Crippen LogP contribution in [0.5, 0.6) is 17.6 Å². The molecule has 1 unspecified atom stereocenters. The van der Waals surface area contributed by atoms with Crippen molar-refractivity contribution < 1.29 is 32.3 Å². The van der Waals surface area contributed by atoms with Crippen LogP contribution in [-0.2, 0) is 0 Å². The fraction of sp³-hybridized carbons (Fsp3) is 0.412. The van der Waals surface area contributed by atoms with Gasteiger partial charge in [0.2, 0.25) is 5.88 Å². The summed E-state index contributed by atoms with van der Waals surface area (Å²) < 4.78 is 60.8. The molecule has 2 aromatic heterocycles. The highest BCUT2D eigenvalue weighted by molar-refractivity contribution is 6.04. The summed E-state index contributed by atoms with van der Waals surface area (Å²) >= 11 is 0. The van der Waals surface area contributed by atoms with Gasteiger partial charge in [0.1, 0.15) is 47.9 Å². The Morgan fingerprint density at radius 3 is 2.89 bits per heavy atom. The van der Waals surface area contributed by atoms with Crippen molar-refractivity contribution in [2.45, 2.75) is 56.7 Å². The number of hydrogen-bond donors (Lipinski definition) is 1. The maximum atomic E-state index is 16.9. The molecule has 6 heterocycles. The van der Waals surface area contributed by atoms with Gasteiger partial charge in [-0.25, -0.2) is 22.7 Å². The topological polar surface area (TPSA) is 83.6 Å². The highest BCUT2D eigenvalue weighted by atomic mass is 19.1. The lowest BCUT2D eigenvalue weighted by Crippen LogP contribution is -2.43. The van der Waals surface area contributed by atoms with Gasteiger partial charge in [0.15, 0.2) is 11.2 Å². The van der Waals surface area contributed by atoms with E-state index in [4.69, 9.17) is 20.9 Å². The van der Waals surface area contributed by atoms with Crippen LogP contribution in [0.4, 0.5) is 19.0 Å². The lowest BCUT2D eigenvalue weighted by atomic mass is 9.95. The molecule has 8 rings (SSSR count). The lowest BCUT2D eigenvalue weighted by Gasteiger charge is -2.30. The normalized spacial score (nSPS) is 22.9. The molecule has 4 aromatic rings. The summed E-state index contributed by atoms with van der Waals surface area (Å²) in [5.74, 6) is 1.31. The highest BCUT2D eigenvalue weighted by Gasteiger charge is 2.49. The molecule has 2 fully saturated rings. The van der Waals surface area contributed by atoms with Crippen molar-refractivity contribution in [1.82, 2.24) is 19.9 Å². The molecule has 45 heavy (non-hydrogen) atoms. The van der Waals surface area contributed by atoms with Gasteiger partial charge in [0, 0.05) is 35.3 Å². The molecule has 0 saturated carbocycles. The summed E-state index contributed by atoms with van der Waals surface area (Å²) in [7, 11) is 0. The van der Waals surface area contributed by atoms with Crippen LogP contribution in [-0.4, -0.2) is 79.8 Å². The molecule has 4 aliphatic rings. The minimum atomic E-state index is -0.925. The van der Waals surface area contributed by atoms with E-state index in [0.29, 0.717) is 36.1 Å². The largest absolute Gasteiger partial charge is 0.508 e. The Kier molecular flexibility index (Phi) is 6.60. The van der Waals surface area contributed by atoms with Crippen LogP contribution in [0.1, 0.15) is 50.5 Å². The van der Waals surface area contributed by atoms with E-state index < -0.39 is 23.3 Å². The number of pyridine rings is 1. The van der Waals surface area contributed by atoms with Crippen LogP contribution >= 0.6 is 0 Å². The van der Waals surface area contributed by atoms with Crippen molar-refractivity contribution in [3.8, 4) is 41.2 Å². The second-order valence-electron chi connectivity index (χ2n) is 12.5. The Morgan fingerprint density at radius 2 is 2.02 bits per heavy atom. The summed E-state index contributed by atoms with van der Waals surface area (Å²) in [6.07, 6.45) is 10.6. The molecule has 2 atom stereocenters. The Morgan fingerprint density at radius 1 is 1.13 bits per heavy atom. The zero-order valence-corrected chi connectivity index (χ0v) is 24.6. The van der Waals surface area contributed by atoms with Gasteiger partial charge in [-0.2, -0.15) is 4.98 Å². The molecule has 1 N–H and O–H groups in total. The average Bonchev–Trinajstić information content (AvgIpc) is 3.38. The molecule has 2 aromatic carbocycles. The number of nitrogens with zero attached hydrogens (tertiary/aromatic N) is 5. The maximum Gasteiger partial charge on any atom is 0.434 e. The van der Waals surface area contributed by atoms with E-state index in [2.05, 4.69) is 25.4 Å². The first-order chi connectivity index (χ1) is 21.8. The van der Waals surface area contributed by atoms with Gasteiger partial charge in [-0.1, -0.05) is 12.0 Å². The van der Waals surface area contributed by atoms with E-state index in [9.17, 15) is 13.9 Å². The first-order valence-electron chi connectivity index (χ1n) is 15.5. The standard InChI is InChI=1S/C34H30F3N5O3/c1-2-23-25(36)9-8-19-13-22(43)14-24(26(19)23)29-28(37)30-27-31(42-12-5-3-4-7-21(42)17-44-32(27)38-29)40-33(39-30)45-18-34-10-6-11-41(34)16-20(35)15-34/h1,8-9,13-14,20H,3-7,10-12,15-18H2/p+1/t20?,34-/m0/s1. The smallest absolute Gasteiger partial charge is 0.434 e. The summed E-state index contributed by atoms with van der Waals surface area (Å²) in [4.78, 5) is 16.1. The molecule has 0 aliphatic carbocycles. The fourth-order valence-electron chi connectivity index (χ4n) is 7.67. The van der Waals surface area contributed by atoms with E-state index >= 15 is 4.39 Å². The quantitative estimate of drug-likeness (QED) is 0.229. The Bertz CT molecular complexity index is 1980. The molecular weight excluding hydrogens is 583 g/mol. The minimum Gasteiger partial charge on any atom is -0.508 e. The van der Waals surface area contributed by atoms with Crippen LogP contribution in [0.3, 0.4) is 0 Å². The molecule has 8 nitrogen and oxygen atoms in total. The molecule has 4 aliphatic heterocycles. The van der Waals surface area contributed by atoms with Gasteiger partial charge in [-0.15, -0.1) is 6.42 Å². The molecule has 0 bridgehead atoms. The van der Waals surface area contributed by atoms with Crippen molar-refractivity contribution in [1.29, 1.82) is 0 Å². The zero-order valence-electron chi connectivity index (χ0n) is 24.6. The molecule has 2 saturated heterocycles. The minimum absolute atomic E-state index is 0.0235. The first-order valence-corrected chi connectivity index (χ1v) is 15.5. The number of terminal acetylenes is 1. The number of phenols is 1. The van der Waals surface area contributed by atoms with E-state index in [1.807, 2.05) is 0 Å². The molecule has 11 heteroatoms. The number of halogens is 3. The predicted octanol–water partition coefficient (Wildman–Crippen LogP) is 5.82. The van der Waals surface area contributed by atoms with Crippen molar-refractivity contribution in [3.05, 3.63) is 41.5 Å². The summed E-state index contributed by atoms with van der Waals surface area (Å²) in [6.45, 7) is 2.25. The molecule has 0 radical (unpaired) electrons. The molecule has 230 valence electrons. The number of aromatic nitrogens is 3. The van der Waals surface area contributed by atoms with E-state index in [0.717, 1.165) is 50.8 Å².